The molecule has 0 bridgehead atoms. The summed E-state index contributed by atoms with van der Waals surface area (Å²) >= 11 is 7.67. The van der Waals surface area contributed by atoms with E-state index in [0.717, 1.165) is 5.56 Å². The second kappa shape index (κ2) is 9.02. The van der Waals surface area contributed by atoms with Crippen molar-refractivity contribution in [3.63, 3.8) is 0 Å². The average molecular weight is 448 g/mol. The van der Waals surface area contributed by atoms with Gasteiger partial charge in [-0.25, -0.2) is 14.6 Å². The van der Waals surface area contributed by atoms with E-state index in [1.54, 1.807) is 31.2 Å². The SMILES string of the molecule is CCOC(=O)c1cnc(Cl)c2c(COc3ccc(C(=O)OC(C)(C)C)cc3)csc12. The van der Waals surface area contributed by atoms with Crippen LogP contribution in [-0.4, -0.2) is 29.1 Å². The molecule has 2 aromatic heterocycles. The molecule has 3 rings (SSSR count). The van der Waals surface area contributed by atoms with Crippen LogP contribution in [0.4, 0.5) is 0 Å². The van der Waals surface area contributed by atoms with Crippen LogP contribution >= 0.6 is 22.9 Å². The topological polar surface area (TPSA) is 74.7 Å². The summed E-state index contributed by atoms with van der Waals surface area (Å²) in [7, 11) is 0. The van der Waals surface area contributed by atoms with Gasteiger partial charge < -0.3 is 14.2 Å². The molecule has 0 saturated heterocycles. The number of halogens is 1. The van der Waals surface area contributed by atoms with E-state index in [1.807, 2.05) is 26.2 Å². The van der Waals surface area contributed by atoms with Crippen LogP contribution in [0.25, 0.3) is 10.1 Å². The Morgan fingerprint density at radius 2 is 1.83 bits per heavy atom. The molecule has 0 amide bonds. The second-order valence-corrected chi connectivity index (χ2v) is 8.70. The number of pyridine rings is 1. The Morgan fingerprint density at radius 3 is 2.47 bits per heavy atom. The molecule has 0 saturated carbocycles. The lowest BCUT2D eigenvalue weighted by Gasteiger charge is -2.19. The fourth-order valence-corrected chi connectivity index (χ4v) is 4.08. The Balaban J connectivity index is 1.75. The van der Waals surface area contributed by atoms with E-state index in [9.17, 15) is 9.59 Å². The molecule has 0 atom stereocenters. The molecule has 30 heavy (non-hydrogen) atoms. The predicted octanol–water partition coefficient (Wildman–Crippen LogP) is 5.66. The number of benzene rings is 1. The summed E-state index contributed by atoms with van der Waals surface area (Å²) in [5, 5.41) is 2.87. The highest BCUT2D eigenvalue weighted by molar-refractivity contribution is 7.17. The summed E-state index contributed by atoms with van der Waals surface area (Å²) < 4.78 is 17.0. The Kier molecular flexibility index (Phi) is 6.63. The van der Waals surface area contributed by atoms with Gasteiger partial charge in [0, 0.05) is 17.1 Å². The molecular formula is C22H22ClNO5S. The highest BCUT2D eigenvalue weighted by atomic mass is 35.5. The summed E-state index contributed by atoms with van der Waals surface area (Å²) in [6, 6.07) is 6.72. The number of hydrogen-bond donors (Lipinski definition) is 0. The maximum Gasteiger partial charge on any atom is 0.341 e. The maximum absolute atomic E-state index is 12.2. The number of nitrogens with zero attached hydrogens (tertiary/aromatic N) is 1. The minimum Gasteiger partial charge on any atom is -0.489 e. The van der Waals surface area contributed by atoms with Gasteiger partial charge in [-0.3, -0.25) is 0 Å². The van der Waals surface area contributed by atoms with Gasteiger partial charge >= 0.3 is 11.9 Å². The van der Waals surface area contributed by atoms with Crippen molar-refractivity contribution >= 4 is 45.0 Å². The van der Waals surface area contributed by atoms with Gasteiger partial charge in [0.25, 0.3) is 0 Å². The van der Waals surface area contributed by atoms with E-state index in [-0.39, 0.29) is 19.2 Å². The van der Waals surface area contributed by atoms with Crippen molar-refractivity contribution in [1.29, 1.82) is 0 Å². The Morgan fingerprint density at radius 1 is 1.13 bits per heavy atom. The number of fused-ring (bicyclic) bond motifs is 1. The first-order valence-corrected chi connectivity index (χ1v) is 10.6. The van der Waals surface area contributed by atoms with Crippen LogP contribution in [0.2, 0.25) is 5.15 Å². The van der Waals surface area contributed by atoms with Gasteiger partial charge in [0.05, 0.1) is 22.4 Å². The fraction of sp³-hybridized carbons (Fsp3) is 0.318. The average Bonchev–Trinajstić information content (AvgIpc) is 3.11. The molecule has 0 spiro atoms. The molecule has 0 aliphatic heterocycles. The minimum atomic E-state index is -0.554. The molecule has 0 radical (unpaired) electrons. The van der Waals surface area contributed by atoms with Crippen LogP contribution in [0.5, 0.6) is 5.75 Å². The monoisotopic (exact) mass is 447 g/mol. The first kappa shape index (κ1) is 22.1. The smallest absolute Gasteiger partial charge is 0.341 e. The Hall–Kier alpha value is -2.64. The molecular weight excluding hydrogens is 426 g/mol. The number of thiophene rings is 1. The first-order valence-electron chi connectivity index (χ1n) is 9.37. The number of carbonyl (C=O) groups excluding carboxylic acids is 2. The van der Waals surface area contributed by atoms with E-state index in [0.29, 0.717) is 32.1 Å². The predicted molar refractivity (Wildman–Crippen MR) is 117 cm³/mol. The quantitative estimate of drug-likeness (QED) is 0.358. The van der Waals surface area contributed by atoms with Crippen molar-refractivity contribution in [3.05, 3.63) is 57.7 Å². The number of rotatable bonds is 6. The van der Waals surface area contributed by atoms with Gasteiger partial charge in [-0.05, 0) is 57.3 Å². The van der Waals surface area contributed by atoms with Gasteiger partial charge in [0.15, 0.2) is 0 Å². The van der Waals surface area contributed by atoms with Crippen LogP contribution in [0.1, 0.15) is 54.0 Å². The molecule has 0 aliphatic carbocycles. The van der Waals surface area contributed by atoms with Crippen molar-refractivity contribution in [2.45, 2.75) is 39.9 Å². The molecule has 0 fully saturated rings. The molecule has 1 aromatic carbocycles. The van der Waals surface area contributed by atoms with Gasteiger partial charge in [-0.2, -0.15) is 0 Å². The third-order valence-electron chi connectivity index (χ3n) is 4.00. The van der Waals surface area contributed by atoms with Gasteiger partial charge in [-0.1, -0.05) is 11.6 Å². The molecule has 8 heteroatoms. The molecule has 0 unspecified atom stereocenters. The number of ether oxygens (including phenoxy) is 3. The van der Waals surface area contributed by atoms with Crippen molar-refractivity contribution in [2.24, 2.45) is 0 Å². The van der Waals surface area contributed by atoms with Gasteiger partial charge in [0.1, 0.15) is 23.1 Å². The van der Waals surface area contributed by atoms with Gasteiger partial charge in [-0.15, -0.1) is 11.3 Å². The van der Waals surface area contributed by atoms with E-state index in [4.69, 9.17) is 25.8 Å². The van der Waals surface area contributed by atoms with Gasteiger partial charge in [0.2, 0.25) is 0 Å². The summed E-state index contributed by atoms with van der Waals surface area (Å²) in [5.74, 6) is -0.228. The maximum atomic E-state index is 12.2. The van der Waals surface area contributed by atoms with Crippen LogP contribution in [0, 0.1) is 0 Å². The third kappa shape index (κ3) is 5.09. The van der Waals surface area contributed by atoms with E-state index in [2.05, 4.69) is 4.98 Å². The lowest BCUT2D eigenvalue weighted by atomic mass is 10.1. The molecule has 6 nitrogen and oxygen atoms in total. The summed E-state index contributed by atoms with van der Waals surface area (Å²) in [5.41, 5.74) is 1.09. The lowest BCUT2D eigenvalue weighted by molar-refractivity contribution is 0.00692. The Labute approximate surface area is 183 Å². The van der Waals surface area contributed by atoms with Crippen LogP contribution in [0.15, 0.2) is 35.8 Å². The lowest BCUT2D eigenvalue weighted by Crippen LogP contribution is -2.23. The summed E-state index contributed by atoms with van der Waals surface area (Å²) in [6.07, 6.45) is 1.43. The molecule has 0 N–H and O–H groups in total. The molecule has 2 heterocycles. The zero-order valence-corrected chi connectivity index (χ0v) is 18.7. The minimum absolute atomic E-state index is 0.236. The fourth-order valence-electron chi connectivity index (χ4n) is 2.71. The normalized spacial score (nSPS) is 11.4. The van der Waals surface area contributed by atoms with E-state index < -0.39 is 11.6 Å². The second-order valence-electron chi connectivity index (χ2n) is 7.46. The number of carbonyl (C=O) groups is 2. The van der Waals surface area contributed by atoms with Crippen molar-refractivity contribution in [3.8, 4) is 5.75 Å². The standard InChI is InChI=1S/C22H22ClNO5S/c1-5-27-21(26)16-10-24-19(23)17-14(12-30-18(16)17)11-28-15-8-6-13(7-9-15)20(25)29-22(2,3)4/h6-10,12H,5,11H2,1-4H3. The highest BCUT2D eigenvalue weighted by Crippen LogP contribution is 2.34. The summed E-state index contributed by atoms with van der Waals surface area (Å²) in [4.78, 5) is 28.4. The number of aromatic nitrogens is 1. The van der Waals surface area contributed by atoms with Crippen molar-refractivity contribution < 1.29 is 23.8 Å². The summed E-state index contributed by atoms with van der Waals surface area (Å²) in [6.45, 7) is 7.73. The van der Waals surface area contributed by atoms with E-state index >= 15 is 0 Å². The Bertz CT molecular complexity index is 1070. The third-order valence-corrected chi connectivity index (χ3v) is 5.35. The zero-order valence-electron chi connectivity index (χ0n) is 17.2. The first-order chi connectivity index (χ1) is 14.2. The molecule has 0 aliphatic rings. The largest absolute Gasteiger partial charge is 0.489 e. The number of hydrogen-bond acceptors (Lipinski definition) is 7. The van der Waals surface area contributed by atoms with Crippen molar-refractivity contribution in [2.75, 3.05) is 6.61 Å². The molecule has 3 aromatic rings. The van der Waals surface area contributed by atoms with Crippen LogP contribution < -0.4 is 4.74 Å². The molecule has 158 valence electrons. The van der Waals surface area contributed by atoms with E-state index in [1.165, 1.54) is 17.5 Å². The number of esters is 2. The zero-order chi connectivity index (χ0) is 21.9. The van der Waals surface area contributed by atoms with Crippen LogP contribution in [-0.2, 0) is 16.1 Å². The van der Waals surface area contributed by atoms with Crippen molar-refractivity contribution in [1.82, 2.24) is 4.98 Å². The highest BCUT2D eigenvalue weighted by Gasteiger charge is 2.19. The van der Waals surface area contributed by atoms with Crippen LogP contribution in [0.3, 0.4) is 0 Å².